The molecule has 0 bridgehead atoms. The third-order valence-corrected chi connectivity index (χ3v) is 5.17. The molecule has 1 N–H and O–H groups in total. The van der Waals surface area contributed by atoms with Gasteiger partial charge in [-0.1, -0.05) is 17.7 Å². The molecule has 2 aliphatic rings. The Labute approximate surface area is 142 Å². The zero-order chi connectivity index (χ0) is 14.9. The molecule has 22 heavy (non-hydrogen) atoms. The molecule has 1 spiro atoms. The average molecular weight is 345 g/mol. The molecule has 1 aromatic carbocycles. The first-order valence-corrected chi connectivity index (χ1v) is 7.85. The van der Waals surface area contributed by atoms with E-state index >= 15 is 0 Å². The smallest absolute Gasteiger partial charge is 0.259 e. The normalized spacial score (nSPS) is 19.8. The van der Waals surface area contributed by atoms with E-state index in [0.29, 0.717) is 21.8 Å². The summed E-state index contributed by atoms with van der Waals surface area (Å²) in [5.74, 6) is 0.536. The number of hydrogen-bond acceptors (Lipinski definition) is 3. The van der Waals surface area contributed by atoms with Gasteiger partial charge in [0.05, 0.1) is 12.1 Å². The first-order chi connectivity index (χ1) is 10.2. The van der Waals surface area contributed by atoms with Gasteiger partial charge in [-0.05, 0) is 43.4 Å². The minimum absolute atomic E-state index is 0. The number of rotatable bonds is 2. The van der Waals surface area contributed by atoms with Crippen LogP contribution in [0.5, 0.6) is 5.75 Å². The fraction of sp³-hybridized carbons (Fsp3) is 0.562. The molecule has 4 nitrogen and oxygen atoms in total. The monoisotopic (exact) mass is 344 g/mol. The second kappa shape index (κ2) is 7.07. The lowest BCUT2D eigenvalue weighted by Gasteiger charge is -2.39. The van der Waals surface area contributed by atoms with Crippen molar-refractivity contribution >= 4 is 29.9 Å². The zero-order valence-corrected chi connectivity index (χ0v) is 14.3. The van der Waals surface area contributed by atoms with Gasteiger partial charge in [0, 0.05) is 19.6 Å². The number of halogens is 2. The topological polar surface area (TPSA) is 41.6 Å². The highest BCUT2D eigenvalue weighted by Crippen LogP contribution is 2.38. The summed E-state index contributed by atoms with van der Waals surface area (Å²) >= 11 is 6.21. The molecule has 0 aliphatic carbocycles. The highest BCUT2D eigenvalue weighted by Gasteiger charge is 2.38. The van der Waals surface area contributed by atoms with Gasteiger partial charge in [0.1, 0.15) is 11.3 Å². The lowest BCUT2D eigenvalue weighted by atomic mass is 9.78. The Morgan fingerprint density at radius 2 is 2.05 bits per heavy atom. The van der Waals surface area contributed by atoms with Crippen molar-refractivity contribution < 1.29 is 9.53 Å². The SMILES string of the molecule is COc1cccc(Cl)c1C(=O)N1CCC2(CCNC2)CC1.Cl. The predicted octanol–water partition coefficient (Wildman–Crippen LogP) is 2.99. The standard InChI is InChI=1S/C16H21ClN2O2.ClH/c1-21-13-4-2-3-12(17)14(13)15(20)19-9-6-16(7-10-19)5-8-18-11-16;/h2-4,18H,5-11H2,1H3;1H. The molecule has 1 amide bonds. The number of benzene rings is 1. The first-order valence-electron chi connectivity index (χ1n) is 7.48. The van der Waals surface area contributed by atoms with Gasteiger partial charge in [0.2, 0.25) is 0 Å². The highest BCUT2D eigenvalue weighted by atomic mass is 35.5. The molecule has 2 saturated heterocycles. The van der Waals surface area contributed by atoms with E-state index in [2.05, 4.69) is 5.32 Å². The maximum absolute atomic E-state index is 12.7. The molecule has 6 heteroatoms. The molecule has 2 aliphatic heterocycles. The number of carbonyl (C=O) groups is 1. The van der Waals surface area contributed by atoms with Crippen molar-refractivity contribution in [2.75, 3.05) is 33.3 Å². The largest absolute Gasteiger partial charge is 0.496 e. The molecule has 2 fully saturated rings. The maximum Gasteiger partial charge on any atom is 0.259 e. The van der Waals surface area contributed by atoms with Crippen LogP contribution in [-0.4, -0.2) is 44.1 Å². The highest BCUT2D eigenvalue weighted by molar-refractivity contribution is 6.34. The summed E-state index contributed by atoms with van der Waals surface area (Å²) in [6.45, 7) is 3.79. The van der Waals surface area contributed by atoms with Crippen molar-refractivity contribution in [3.8, 4) is 5.75 Å². The number of piperidine rings is 1. The Hall–Kier alpha value is -0.970. The zero-order valence-electron chi connectivity index (χ0n) is 12.7. The van der Waals surface area contributed by atoms with Gasteiger partial charge < -0.3 is 15.0 Å². The lowest BCUT2D eigenvalue weighted by molar-refractivity contribution is 0.0605. The summed E-state index contributed by atoms with van der Waals surface area (Å²) < 4.78 is 5.29. The minimum Gasteiger partial charge on any atom is -0.496 e. The first kappa shape index (κ1) is 17.4. The molecule has 0 unspecified atom stereocenters. The van der Waals surface area contributed by atoms with Crippen LogP contribution in [0.4, 0.5) is 0 Å². The Morgan fingerprint density at radius 1 is 1.32 bits per heavy atom. The van der Waals surface area contributed by atoms with Crippen molar-refractivity contribution in [2.45, 2.75) is 19.3 Å². The van der Waals surface area contributed by atoms with E-state index in [1.807, 2.05) is 4.90 Å². The van der Waals surface area contributed by atoms with E-state index in [4.69, 9.17) is 16.3 Å². The Kier molecular flexibility index (Phi) is 5.59. The maximum atomic E-state index is 12.7. The summed E-state index contributed by atoms with van der Waals surface area (Å²) in [7, 11) is 1.57. The number of nitrogens with zero attached hydrogens (tertiary/aromatic N) is 1. The third-order valence-electron chi connectivity index (χ3n) is 4.85. The third kappa shape index (κ3) is 3.19. The second-order valence-electron chi connectivity index (χ2n) is 6.04. The van der Waals surface area contributed by atoms with Crippen molar-refractivity contribution in [3.05, 3.63) is 28.8 Å². The van der Waals surface area contributed by atoms with Crippen LogP contribution in [0.2, 0.25) is 5.02 Å². The Morgan fingerprint density at radius 3 is 2.64 bits per heavy atom. The number of nitrogens with one attached hydrogen (secondary N) is 1. The Balaban J connectivity index is 0.00000176. The van der Waals surface area contributed by atoms with Gasteiger partial charge in [0.25, 0.3) is 5.91 Å². The predicted molar refractivity (Wildman–Crippen MR) is 90.3 cm³/mol. The number of carbonyl (C=O) groups excluding carboxylic acids is 1. The number of likely N-dealkylation sites (tertiary alicyclic amines) is 1. The second-order valence-corrected chi connectivity index (χ2v) is 6.44. The molecule has 3 rings (SSSR count). The molecule has 122 valence electrons. The summed E-state index contributed by atoms with van der Waals surface area (Å²) in [5, 5.41) is 3.90. The number of methoxy groups -OCH3 is 1. The van der Waals surface area contributed by atoms with Gasteiger partial charge in [-0.15, -0.1) is 12.4 Å². The van der Waals surface area contributed by atoms with Crippen LogP contribution < -0.4 is 10.1 Å². The number of amides is 1. The quantitative estimate of drug-likeness (QED) is 0.896. The van der Waals surface area contributed by atoms with Gasteiger partial charge in [-0.3, -0.25) is 4.79 Å². The van der Waals surface area contributed by atoms with E-state index in [1.165, 1.54) is 6.42 Å². The molecule has 0 radical (unpaired) electrons. The van der Waals surface area contributed by atoms with Gasteiger partial charge in [-0.2, -0.15) is 0 Å². The van der Waals surface area contributed by atoms with E-state index < -0.39 is 0 Å². The van der Waals surface area contributed by atoms with Crippen LogP contribution in [0.3, 0.4) is 0 Å². The number of ether oxygens (including phenoxy) is 1. The fourth-order valence-electron chi connectivity index (χ4n) is 3.45. The van der Waals surface area contributed by atoms with Crippen LogP contribution >= 0.6 is 24.0 Å². The van der Waals surface area contributed by atoms with E-state index in [1.54, 1.807) is 25.3 Å². The fourth-order valence-corrected chi connectivity index (χ4v) is 3.69. The molecular weight excluding hydrogens is 323 g/mol. The minimum atomic E-state index is -0.0155. The molecule has 0 aromatic heterocycles. The van der Waals surface area contributed by atoms with Crippen molar-refractivity contribution in [1.82, 2.24) is 10.2 Å². The molecule has 1 aromatic rings. The lowest BCUT2D eigenvalue weighted by Crippen LogP contribution is -2.44. The summed E-state index contributed by atoms with van der Waals surface area (Å²) in [6, 6.07) is 5.32. The average Bonchev–Trinajstić information content (AvgIpc) is 2.95. The molecule has 0 saturated carbocycles. The summed E-state index contributed by atoms with van der Waals surface area (Å²) in [5.41, 5.74) is 0.892. The molecule has 0 atom stereocenters. The Bertz CT molecular complexity index is 535. The van der Waals surface area contributed by atoms with Crippen LogP contribution in [0.25, 0.3) is 0 Å². The van der Waals surface area contributed by atoms with Gasteiger partial charge >= 0.3 is 0 Å². The van der Waals surface area contributed by atoms with Crippen LogP contribution in [0.15, 0.2) is 18.2 Å². The van der Waals surface area contributed by atoms with Gasteiger partial charge in [-0.25, -0.2) is 0 Å². The van der Waals surface area contributed by atoms with E-state index in [-0.39, 0.29) is 18.3 Å². The van der Waals surface area contributed by atoms with Crippen molar-refractivity contribution in [3.63, 3.8) is 0 Å². The number of hydrogen-bond donors (Lipinski definition) is 1. The van der Waals surface area contributed by atoms with Crippen molar-refractivity contribution in [1.29, 1.82) is 0 Å². The van der Waals surface area contributed by atoms with Crippen LogP contribution in [-0.2, 0) is 0 Å². The van der Waals surface area contributed by atoms with Crippen LogP contribution in [0.1, 0.15) is 29.6 Å². The van der Waals surface area contributed by atoms with E-state index in [0.717, 1.165) is 39.0 Å². The van der Waals surface area contributed by atoms with Crippen LogP contribution in [0, 0.1) is 5.41 Å². The van der Waals surface area contributed by atoms with Crippen molar-refractivity contribution in [2.24, 2.45) is 5.41 Å². The summed E-state index contributed by atoms with van der Waals surface area (Å²) in [6.07, 6.45) is 3.36. The molecular formula is C16H22Cl2N2O2. The summed E-state index contributed by atoms with van der Waals surface area (Å²) in [4.78, 5) is 14.7. The van der Waals surface area contributed by atoms with E-state index in [9.17, 15) is 4.79 Å². The van der Waals surface area contributed by atoms with Gasteiger partial charge in [0.15, 0.2) is 0 Å². The molecule has 2 heterocycles.